The van der Waals surface area contributed by atoms with Crippen molar-refractivity contribution >= 4 is 23.3 Å². The maximum atomic E-state index is 11.5. The summed E-state index contributed by atoms with van der Waals surface area (Å²) in [6.45, 7) is 5.70. The van der Waals surface area contributed by atoms with Crippen LogP contribution in [0.2, 0.25) is 0 Å². The van der Waals surface area contributed by atoms with Gasteiger partial charge < -0.3 is 15.3 Å². The van der Waals surface area contributed by atoms with Crippen molar-refractivity contribution in [1.29, 1.82) is 0 Å². The van der Waals surface area contributed by atoms with E-state index >= 15 is 0 Å². The second-order valence-electron chi connectivity index (χ2n) is 5.63. The maximum Gasteiger partial charge on any atom is 0.337 e. The van der Waals surface area contributed by atoms with E-state index in [0.717, 1.165) is 25.2 Å². The van der Waals surface area contributed by atoms with Gasteiger partial charge in [-0.2, -0.15) is 0 Å². The molecule has 0 saturated carbocycles. The molecular weight excluding hydrogens is 268 g/mol. The summed E-state index contributed by atoms with van der Waals surface area (Å²) >= 11 is 0. The first kappa shape index (κ1) is 15.4. The van der Waals surface area contributed by atoms with Gasteiger partial charge in [-0.05, 0) is 37.0 Å². The standard InChI is InChI=1S/C16H22N2O3/c1-3-15(19)17-12-6-7-14(13(9-12)16(20)21)18-8-4-5-11(2)10-18/h6-7,9,11H,3-5,8,10H2,1-2H3,(H,17,19)(H,20,21)/t11-/m0/s1. The molecule has 1 saturated heterocycles. The van der Waals surface area contributed by atoms with E-state index in [1.54, 1.807) is 25.1 Å². The molecule has 5 heteroatoms. The fourth-order valence-electron chi connectivity index (χ4n) is 2.72. The zero-order valence-electron chi connectivity index (χ0n) is 12.6. The number of carbonyl (C=O) groups excluding carboxylic acids is 1. The van der Waals surface area contributed by atoms with E-state index in [9.17, 15) is 14.7 Å². The van der Waals surface area contributed by atoms with Crippen LogP contribution in [0.3, 0.4) is 0 Å². The molecule has 1 fully saturated rings. The Hall–Kier alpha value is -2.04. The van der Waals surface area contributed by atoms with E-state index in [1.807, 2.05) is 0 Å². The predicted molar refractivity (Wildman–Crippen MR) is 82.9 cm³/mol. The van der Waals surface area contributed by atoms with E-state index in [4.69, 9.17) is 0 Å². The number of hydrogen-bond acceptors (Lipinski definition) is 3. The normalized spacial score (nSPS) is 18.4. The zero-order chi connectivity index (χ0) is 15.4. The van der Waals surface area contributed by atoms with Crippen molar-refractivity contribution < 1.29 is 14.7 Å². The van der Waals surface area contributed by atoms with Crippen molar-refractivity contribution in [3.05, 3.63) is 23.8 Å². The molecule has 2 N–H and O–H groups in total. The minimum absolute atomic E-state index is 0.120. The molecule has 1 atom stereocenters. The molecule has 0 bridgehead atoms. The molecule has 0 spiro atoms. The van der Waals surface area contributed by atoms with Gasteiger partial charge in [0.1, 0.15) is 0 Å². The Kier molecular flexibility index (Phi) is 4.83. The van der Waals surface area contributed by atoms with Crippen LogP contribution >= 0.6 is 0 Å². The van der Waals surface area contributed by atoms with Crippen molar-refractivity contribution in [2.24, 2.45) is 5.92 Å². The number of rotatable bonds is 4. The third-order valence-electron chi connectivity index (χ3n) is 3.83. The SMILES string of the molecule is CCC(=O)Nc1ccc(N2CCC[C@H](C)C2)c(C(=O)O)c1. The van der Waals surface area contributed by atoms with Gasteiger partial charge in [0.05, 0.1) is 11.3 Å². The number of carboxylic acids is 1. The average Bonchev–Trinajstić information content (AvgIpc) is 2.47. The van der Waals surface area contributed by atoms with Crippen LogP contribution in [0, 0.1) is 5.92 Å². The molecule has 1 aromatic rings. The van der Waals surface area contributed by atoms with Gasteiger partial charge in [0.25, 0.3) is 0 Å². The highest BCUT2D eigenvalue weighted by Crippen LogP contribution is 2.28. The number of amides is 1. The van der Waals surface area contributed by atoms with Gasteiger partial charge >= 0.3 is 5.97 Å². The van der Waals surface area contributed by atoms with Crippen molar-refractivity contribution in [3.63, 3.8) is 0 Å². The van der Waals surface area contributed by atoms with Crippen LogP contribution in [0.1, 0.15) is 43.5 Å². The molecule has 1 amide bonds. The quantitative estimate of drug-likeness (QED) is 0.894. The van der Waals surface area contributed by atoms with Gasteiger partial charge in [0, 0.05) is 25.2 Å². The molecule has 114 valence electrons. The number of piperidine rings is 1. The van der Waals surface area contributed by atoms with E-state index in [0.29, 0.717) is 18.0 Å². The summed E-state index contributed by atoms with van der Waals surface area (Å²) in [5, 5.41) is 12.1. The lowest BCUT2D eigenvalue weighted by Crippen LogP contribution is -2.35. The van der Waals surface area contributed by atoms with Crippen LogP contribution in [0.4, 0.5) is 11.4 Å². The monoisotopic (exact) mass is 290 g/mol. The summed E-state index contributed by atoms with van der Waals surface area (Å²) < 4.78 is 0. The summed E-state index contributed by atoms with van der Waals surface area (Å²) in [5.74, 6) is -0.513. The number of aromatic carboxylic acids is 1. The van der Waals surface area contributed by atoms with Crippen molar-refractivity contribution in [2.45, 2.75) is 33.1 Å². The Morgan fingerprint density at radius 3 is 2.81 bits per heavy atom. The van der Waals surface area contributed by atoms with Crippen LogP contribution in [0.25, 0.3) is 0 Å². The summed E-state index contributed by atoms with van der Waals surface area (Å²) in [6.07, 6.45) is 2.63. The van der Waals surface area contributed by atoms with Gasteiger partial charge in [0.15, 0.2) is 0 Å². The van der Waals surface area contributed by atoms with Crippen molar-refractivity contribution in [2.75, 3.05) is 23.3 Å². The maximum absolute atomic E-state index is 11.5. The Morgan fingerprint density at radius 2 is 2.19 bits per heavy atom. The fraction of sp³-hybridized carbons (Fsp3) is 0.500. The number of nitrogens with zero attached hydrogens (tertiary/aromatic N) is 1. The molecule has 0 aromatic heterocycles. The van der Waals surface area contributed by atoms with Crippen molar-refractivity contribution in [3.8, 4) is 0 Å². The first-order valence-corrected chi connectivity index (χ1v) is 7.43. The summed E-state index contributed by atoms with van der Waals surface area (Å²) in [5.41, 5.74) is 1.52. The van der Waals surface area contributed by atoms with Crippen LogP contribution in [0.15, 0.2) is 18.2 Å². The Morgan fingerprint density at radius 1 is 1.43 bits per heavy atom. The number of benzene rings is 1. The molecule has 0 aliphatic carbocycles. The highest BCUT2D eigenvalue weighted by Gasteiger charge is 2.21. The Labute approximate surface area is 125 Å². The third kappa shape index (κ3) is 3.74. The molecule has 5 nitrogen and oxygen atoms in total. The highest BCUT2D eigenvalue weighted by molar-refractivity contribution is 5.98. The van der Waals surface area contributed by atoms with Crippen LogP contribution in [0.5, 0.6) is 0 Å². The smallest absolute Gasteiger partial charge is 0.337 e. The molecule has 0 unspecified atom stereocenters. The largest absolute Gasteiger partial charge is 0.478 e. The number of anilines is 2. The minimum Gasteiger partial charge on any atom is -0.478 e. The number of carbonyl (C=O) groups is 2. The Balaban J connectivity index is 2.28. The van der Waals surface area contributed by atoms with E-state index in [-0.39, 0.29) is 11.5 Å². The predicted octanol–water partition coefficient (Wildman–Crippen LogP) is 2.97. The molecule has 1 heterocycles. The first-order valence-electron chi connectivity index (χ1n) is 7.43. The van der Waals surface area contributed by atoms with Crippen LogP contribution < -0.4 is 10.2 Å². The average molecular weight is 290 g/mol. The third-order valence-corrected chi connectivity index (χ3v) is 3.83. The minimum atomic E-state index is -0.962. The summed E-state index contributed by atoms with van der Waals surface area (Å²) in [6, 6.07) is 5.12. The topological polar surface area (TPSA) is 69.6 Å². The lowest BCUT2D eigenvalue weighted by Gasteiger charge is -2.33. The number of nitrogens with one attached hydrogen (secondary N) is 1. The number of carboxylic acid groups (broad SMARTS) is 1. The Bertz CT molecular complexity index is 542. The van der Waals surface area contributed by atoms with E-state index < -0.39 is 5.97 Å². The lowest BCUT2D eigenvalue weighted by atomic mass is 9.98. The van der Waals surface area contributed by atoms with Gasteiger partial charge in [0.2, 0.25) is 5.91 Å². The van der Waals surface area contributed by atoms with E-state index in [2.05, 4.69) is 17.1 Å². The van der Waals surface area contributed by atoms with Gasteiger partial charge in [-0.15, -0.1) is 0 Å². The van der Waals surface area contributed by atoms with Crippen LogP contribution in [-0.4, -0.2) is 30.1 Å². The van der Waals surface area contributed by atoms with E-state index in [1.165, 1.54) is 6.42 Å². The van der Waals surface area contributed by atoms with Crippen molar-refractivity contribution in [1.82, 2.24) is 0 Å². The first-order chi connectivity index (χ1) is 10.0. The molecule has 21 heavy (non-hydrogen) atoms. The molecule has 1 aliphatic heterocycles. The zero-order valence-corrected chi connectivity index (χ0v) is 12.6. The highest BCUT2D eigenvalue weighted by atomic mass is 16.4. The van der Waals surface area contributed by atoms with Gasteiger partial charge in [-0.1, -0.05) is 13.8 Å². The van der Waals surface area contributed by atoms with Gasteiger partial charge in [-0.25, -0.2) is 4.79 Å². The summed E-state index contributed by atoms with van der Waals surface area (Å²) in [7, 11) is 0. The second kappa shape index (κ2) is 6.61. The number of hydrogen-bond donors (Lipinski definition) is 2. The molecule has 1 aliphatic rings. The second-order valence-corrected chi connectivity index (χ2v) is 5.63. The lowest BCUT2D eigenvalue weighted by molar-refractivity contribution is -0.115. The fourth-order valence-corrected chi connectivity index (χ4v) is 2.72. The molecule has 1 aromatic carbocycles. The molecule has 2 rings (SSSR count). The summed E-state index contributed by atoms with van der Waals surface area (Å²) in [4.78, 5) is 25.1. The van der Waals surface area contributed by atoms with Crippen LogP contribution in [-0.2, 0) is 4.79 Å². The van der Waals surface area contributed by atoms with Gasteiger partial charge in [-0.3, -0.25) is 4.79 Å². The molecular formula is C16H22N2O3. The molecule has 0 radical (unpaired) electrons.